The molecule has 0 bridgehead atoms. The van der Waals surface area contributed by atoms with E-state index in [1.165, 1.54) is 0 Å². The number of para-hydroxylation sites is 2. The minimum absolute atomic E-state index is 0.0646. The Morgan fingerprint density at radius 1 is 1.03 bits per heavy atom. The molecule has 0 saturated carbocycles. The number of fused-ring (bicyclic) bond motifs is 2. The summed E-state index contributed by atoms with van der Waals surface area (Å²) in [5, 5.41) is 0.500. The number of hydrogen-bond acceptors (Lipinski definition) is 4. The molecular weight excluding hydrogens is 366 g/mol. The van der Waals surface area contributed by atoms with E-state index in [0.717, 1.165) is 34.5 Å². The van der Waals surface area contributed by atoms with Gasteiger partial charge in [-0.3, -0.25) is 4.79 Å². The molecule has 2 aromatic carbocycles. The van der Waals surface area contributed by atoms with Gasteiger partial charge >= 0.3 is 5.97 Å². The zero-order valence-corrected chi connectivity index (χ0v) is 16.8. The molecule has 0 fully saturated rings. The molecular formula is C23H23N3O3. The maximum absolute atomic E-state index is 12.9. The number of benzene rings is 2. The van der Waals surface area contributed by atoms with Crippen LogP contribution in [0.25, 0.3) is 33.3 Å². The van der Waals surface area contributed by atoms with Gasteiger partial charge in [-0.15, -0.1) is 0 Å². The van der Waals surface area contributed by atoms with Crippen molar-refractivity contribution in [2.75, 3.05) is 6.61 Å². The van der Waals surface area contributed by atoms with E-state index in [1.807, 2.05) is 41.8 Å². The number of carbonyl (C=O) groups excluding carboxylic acids is 1. The lowest BCUT2D eigenvalue weighted by Crippen LogP contribution is -2.20. The van der Waals surface area contributed by atoms with Crippen LogP contribution in [0.3, 0.4) is 0 Å². The first-order chi connectivity index (χ1) is 14.1. The van der Waals surface area contributed by atoms with Crippen molar-refractivity contribution < 1.29 is 9.53 Å². The largest absolute Gasteiger partial charge is 0.462 e. The van der Waals surface area contributed by atoms with E-state index in [2.05, 4.69) is 17.6 Å². The molecule has 0 aliphatic rings. The molecule has 4 aromatic rings. The highest BCUT2D eigenvalue weighted by Crippen LogP contribution is 2.27. The van der Waals surface area contributed by atoms with Crippen molar-refractivity contribution in [1.82, 2.24) is 14.1 Å². The Bertz CT molecular complexity index is 1280. The number of aryl methyl sites for hydroxylation is 2. The molecule has 0 radical (unpaired) electrons. The van der Waals surface area contributed by atoms with Crippen LogP contribution in [0.15, 0.2) is 53.5 Å². The summed E-state index contributed by atoms with van der Waals surface area (Å²) in [7, 11) is 0. The third-order valence-corrected chi connectivity index (χ3v) is 5.15. The van der Waals surface area contributed by atoms with Crippen LogP contribution in [0.4, 0.5) is 0 Å². The van der Waals surface area contributed by atoms with E-state index in [1.54, 1.807) is 19.2 Å². The van der Waals surface area contributed by atoms with Crippen LogP contribution in [0.1, 0.15) is 31.1 Å². The summed E-state index contributed by atoms with van der Waals surface area (Å²) >= 11 is 0. The van der Waals surface area contributed by atoms with Crippen LogP contribution in [0.2, 0.25) is 0 Å². The minimum Gasteiger partial charge on any atom is -0.462 e. The Morgan fingerprint density at radius 2 is 1.83 bits per heavy atom. The lowest BCUT2D eigenvalue weighted by atomic mass is 10.1. The van der Waals surface area contributed by atoms with E-state index in [-0.39, 0.29) is 17.6 Å². The fraction of sp³-hybridized carbons (Fsp3) is 0.261. The van der Waals surface area contributed by atoms with Crippen LogP contribution >= 0.6 is 0 Å². The zero-order valence-electron chi connectivity index (χ0n) is 16.8. The van der Waals surface area contributed by atoms with Gasteiger partial charge in [-0.05, 0) is 45.0 Å². The summed E-state index contributed by atoms with van der Waals surface area (Å²) in [6.45, 7) is 7.43. The number of pyridine rings is 1. The van der Waals surface area contributed by atoms with Gasteiger partial charge in [0.15, 0.2) is 0 Å². The normalized spacial score (nSPS) is 11.3. The monoisotopic (exact) mass is 389 g/mol. The predicted octanol–water partition coefficient (Wildman–Crippen LogP) is 4.23. The standard InChI is InChI=1S/C23H23N3O3/c1-4-25-14-17(23(28)29-6-3)21(27)16-12-11-15(13-20(16)25)22-24-18-9-7-8-10-19(18)26(22)5-2/h7-14H,4-6H2,1-3H3. The van der Waals surface area contributed by atoms with Gasteiger partial charge in [0.1, 0.15) is 11.4 Å². The SMILES string of the molecule is CCOC(=O)c1cn(CC)c2cc(-c3nc4ccccc4n3CC)ccc2c1=O. The maximum atomic E-state index is 12.9. The minimum atomic E-state index is -0.585. The highest BCUT2D eigenvalue weighted by molar-refractivity contribution is 5.95. The molecule has 0 saturated heterocycles. The average molecular weight is 389 g/mol. The van der Waals surface area contributed by atoms with Gasteiger partial charge in [0, 0.05) is 30.2 Å². The Morgan fingerprint density at radius 3 is 2.55 bits per heavy atom. The molecule has 0 atom stereocenters. The number of nitrogens with zero attached hydrogens (tertiary/aromatic N) is 3. The van der Waals surface area contributed by atoms with Gasteiger partial charge in [-0.2, -0.15) is 0 Å². The first kappa shape index (κ1) is 18.9. The molecule has 2 heterocycles. The number of esters is 1. The highest BCUT2D eigenvalue weighted by atomic mass is 16.5. The summed E-state index contributed by atoms with van der Waals surface area (Å²) < 4.78 is 9.12. The lowest BCUT2D eigenvalue weighted by Gasteiger charge is -2.13. The van der Waals surface area contributed by atoms with E-state index < -0.39 is 5.97 Å². The summed E-state index contributed by atoms with van der Waals surface area (Å²) in [4.78, 5) is 29.9. The third kappa shape index (κ3) is 3.10. The topological polar surface area (TPSA) is 66.1 Å². The van der Waals surface area contributed by atoms with Crippen molar-refractivity contribution in [2.45, 2.75) is 33.9 Å². The van der Waals surface area contributed by atoms with Gasteiger partial charge in [0.25, 0.3) is 0 Å². The molecule has 0 unspecified atom stereocenters. The van der Waals surface area contributed by atoms with Crippen LogP contribution in [0.5, 0.6) is 0 Å². The van der Waals surface area contributed by atoms with Crippen molar-refractivity contribution >= 4 is 27.9 Å². The second kappa shape index (κ2) is 7.54. The summed E-state index contributed by atoms with van der Waals surface area (Å²) in [5.41, 5.74) is 3.48. The fourth-order valence-electron chi connectivity index (χ4n) is 3.76. The molecule has 0 spiro atoms. The number of carbonyl (C=O) groups is 1. The second-order valence-corrected chi connectivity index (χ2v) is 6.78. The molecule has 6 nitrogen and oxygen atoms in total. The number of hydrogen-bond donors (Lipinski definition) is 0. The van der Waals surface area contributed by atoms with Crippen molar-refractivity contribution in [3.05, 3.63) is 64.4 Å². The van der Waals surface area contributed by atoms with Gasteiger partial charge < -0.3 is 13.9 Å². The predicted molar refractivity (Wildman–Crippen MR) is 114 cm³/mol. The van der Waals surface area contributed by atoms with Gasteiger partial charge in [0.2, 0.25) is 5.43 Å². The lowest BCUT2D eigenvalue weighted by molar-refractivity contribution is 0.0524. The maximum Gasteiger partial charge on any atom is 0.343 e. The smallest absolute Gasteiger partial charge is 0.343 e. The van der Waals surface area contributed by atoms with E-state index in [0.29, 0.717) is 11.9 Å². The molecule has 0 aliphatic carbocycles. The molecule has 2 aromatic heterocycles. The number of ether oxygens (including phenoxy) is 1. The summed E-state index contributed by atoms with van der Waals surface area (Å²) in [5.74, 6) is 0.277. The molecule has 0 N–H and O–H groups in total. The summed E-state index contributed by atoms with van der Waals surface area (Å²) in [6.07, 6.45) is 1.59. The average Bonchev–Trinajstić information content (AvgIpc) is 3.12. The van der Waals surface area contributed by atoms with Crippen molar-refractivity contribution in [1.29, 1.82) is 0 Å². The van der Waals surface area contributed by atoms with Crippen molar-refractivity contribution in [3.63, 3.8) is 0 Å². The molecule has 29 heavy (non-hydrogen) atoms. The van der Waals surface area contributed by atoms with Gasteiger partial charge in [0.05, 0.1) is 23.2 Å². The Labute approximate surface area is 168 Å². The van der Waals surface area contributed by atoms with E-state index in [9.17, 15) is 9.59 Å². The molecule has 6 heteroatoms. The first-order valence-corrected chi connectivity index (χ1v) is 9.89. The zero-order chi connectivity index (χ0) is 20.5. The third-order valence-electron chi connectivity index (χ3n) is 5.15. The Balaban J connectivity index is 1.95. The molecule has 0 amide bonds. The van der Waals surface area contributed by atoms with Crippen LogP contribution in [0, 0.1) is 0 Å². The summed E-state index contributed by atoms with van der Waals surface area (Å²) in [6, 6.07) is 13.7. The fourth-order valence-corrected chi connectivity index (χ4v) is 3.76. The highest BCUT2D eigenvalue weighted by Gasteiger charge is 2.18. The molecule has 4 rings (SSSR count). The van der Waals surface area contributed by atoms with E-state index >= 15 is 0 Å². The number of aromatic nitrogens is 3. The molecule has 148 valence electrons. The Hall–Kier alpha value is -3.41. The van der Waals surface area contributed by atoms with Gasteiger partial charge in [-0.1, -0.05) is 18.2 Å². The van der Waals surface area contributed by atoms with Crippen molar-refractivity contribution in [3.8, 4) is 11.4 Å². The number of imidazole rings is 1. The molecule has 0 aliphatic heterocycles. The van der Waals surface area contributed by atoms with Crippen LogP contribution < -0.4 is 5.43 Å². The van der Waals surface area contributed by atoms with Crippen molar-refractivity contribution in [2.24, 2.45) is 0 Å². The first-order valence-electron chi connectivity index (χ1n) is 9.89. The van der Waals surface area contributed by atoms with Gasteiger partial charge in [-0.25, -0.2) is 9.78 Å². The quantitative estimate of drug-likeness (QED) is 0.479. The Kier molecular flexibility index (Phi) is 4.92. The number of rotatable bonds is 5. The van der Waals surface area contributed by atoms with Crippen LogP contribution in [-0.2, 0) is 17.8 Å². The van der Waals surface area contributed by atoms with E-state index in [4.69, 9.17) is 9.72 Å². The van der Waals surface area contributed by atoms with Crippen LogP contribution in [-0.4, -0.2) is 26.7 Å². The second-order valence-electron chi connectivity index (χ2n) is 6.78.